The van der Waals surface area contributed by atoms with Crippen molar-refractivity contribution in [3.05, 3.63) is 78.6 Å². The topological polar surface area (TPSA) is 206 Å². The van der Waals surface area contributed by atoms with Crippen molar-refractivity contribution in [1.29, 1.82) is 0 Å². The summed E-state index contributed by atoms with van der Waals surface area (Å²) < 4.78 is 0. The number of rotatable bonds is 11. The Hall–Kier alpha value is -4.00. The van der Waals surface area contributed by atoms with E-state index in [4.69, 9.17) is 23.2 Å². The van der Waals surface area contributed by atoms with E-state index in [2.05, 4.69) is 20.6 Å². The zero-order valence-corrected chi connectivity index (χ0v) is 29.1. The lowest BCUT2D eigenvalue weighted by Crippen LogP contribution is -2.35. The minimum atomic E-state index is -1.02. The molecule has 4 atom stereocenters. The smallest absolute Gasteiger partial charge is 0.321 e. The number of nitrogens with one attached hydrogen (secondary N) is 2. The molecule has 2 aliphatic heterocycles. The highest BCUT2D eigenvalue weighted by Crippen LogP contribution is 2.40. The van der Waals surface area contributed by atoms with Crippen molar-refractivity contribution in [2.24, 2.45) is 0 Å². The molecule has 2 aliphatic rings. The quantitative estimate of drug-likeness (QED) is 0.128. The highest BCUT2D eigenvalue weighted by molar-refractivity contribution is 7.14. The van der Waals surface area contributed by atoms with Crippen LogP contribution in [0.25, 0.3) is 11.1 Å². The lowest BCUT2D eigenvalue weighted by Gasteiger charge is -2.19. The molecule has 0 unspecified atom stereocenters. The third kappa shape index (κ3) is 7.82. The molecule has 2 aromatic heterocycles. The van der Waals surface area contributed by atoms with Crippen molar-refractivity contribution in [3.63, 3.8) is 0 Å². The predicted octanol–water partition coefficient (Wildman–Crippen LogP) is 4.12. The van der Waals surface area contributed by atoms with Gasteiger partial charge >= 0.3 is 11.9 Å². The van der Waals surface area contributed by atoms with Gasteiger partial charge in [0.1, 0.15) is 12.1 Å². The second kappa shape index (κ2) is 15.1. The molecule has 2 fully saturated rings. The number of amides is 2. The number of carboxylic acid groups (broad SMARTS) is 2. The van der Waals surface area contributed by atoms with Crippen LogP contribution in [0.4, 0.5) is 11.4 Å². The number of thiazole rings is 2. The van der Waals surface area contributed by atoms with Crippen LogP contribution in [-0.2, 0) is 22.7 Å². The molecule has 0 radical (unpaired) electrons. The second-order valence-corrected chi connectivity index (χ2v) is 14.8. The number of carboxylic acids is 2. The largest absolute Gasteiger partial charge is 0.480 e. The van der Waals surface area contributed by atoms with Gasteiger partial charge in [0.25, 0.3) is 11.8 Å². The molecule has 6 N–H and O–H groups in total. The van der Waals surface area contributed by atoms with E-state index >= 15 is 0 Å². The van der Waals surface area contributed by atoms with Gasteiger partial charge in [-0.2, -0.15) is 0 Å². The number of carbonyl (C=O) groups is 4. The van der Waals surface area contributed by atoms with Crippen LogP contribution >= 0.6 is 45.9 Å². The molecule has 0 saturated carbocycles. The summed E-state index contributed by atoms with van der Waals surface area (Å²) in [6.07, 6.45) is 1.79. The van der Waals surface area contributed by atoms with Crippen molar-refractivity contribution < 1.29 is 39.6 Å². The average Bonchev–Trinajstić information content (AvgIpc) is 3.87. The van der Waals surface area contributed by atoms with Crippen LogP contribution in [0.2, 0.25) is 10.0 Å². The van der Waals surface area contributed by atoms with Crippen LogP contribution in [0.5, 0.6) is 0 Å². The standard InChI is InChI=1S/C32H30Cl2N6O8S2/c33-25-19(3-1-5-21(25)37-27(43)29-35-9-17(49-29)13-39-11-15(41)7-23(39)31(45)46)20-4-2-6-22(26(20)34)38-28(44)30-36-10-18(50-30)14-40-12-16(42)8-24(40)32(47)48/h1-6,9-10,15-16,23-24,41-42H,7-8,11-14H2,(H,37,43)(H,38,44)(H,45,46)(H,47,48)/t15-,16-,23+,24+/m1/s1. The fourth-order valence-corrected chi connectivity index (χ4v) is 8.23. The number of benzene rings is 2. The van der Waals surface area contributed by atoms with Gasteiger partial charge in [0, 0.05) is 72.3 Å². The minimum Gasteiger partial charge on any atom is -0.480 e. The van der Waals surface area contributed by atoms with Crippen LogP contribution in [0.3, 0.4) is 0 Å². The van der Waals surface area contributed by atoms with Gasteiger partial charge in [-0.05, 0) is 12.1 Å². The monoisotopic (exact) mass is 760 g/mol. The van der Waals surface area contributed by atoms with Gasteiger partial charge in [0.2, 0.25) is 0 Å². The number of hydrogen-bond donors (Lipinski definition) is 6. The Kier molecular flexibility index (Phi) is 10.8. The molecule has 2 saturated heterocycles. The SMILES string of the molecule is O=C(Nc1cccc(-c2cccc(NC(=O)c3ncc(CN4C[C@H](O)C[C@H]4C(=O)O)s3)c2Cl)c1Cl)c1ncc(CN2C[C@H](O)C[C@H]2C(=O)O)s1. The molecule has 4 aromatic rings. The first-order chi connectivity index (χ1) is 23.9. The molecule has 18 heteroatoms. The first kappa shape index (κ1) is 35.8. The summed E-state index contributed by atoms with van der Waals surface area (Å²) in [6, 6.07) is 8.38. The Balaban J connectivity index is 1.12. The number of β-amino-alcohol motifs (C(OH)–C–C–N with tert-alkyl or cyclic N) is 2. The molecule has 0 aliphatic carbocycles. The zero-order chi connectivity index (χ0) is 35.7. The molecule has 50 heavy (non-hydrogen) atoms. The van der Waals surface area contributed by atoms with Gasteiger partial charge in [-0.3, -0.25) is 29.0 Å². The van der Waals surface area contributed by atoms with Crippen molar-refractivity contribution in [3.8, 4) is 11.1 Å². The van der Waals surface area contributed by atoms with Gasteiger partial charge in [-0.15, -0.1) is 22.7 Å². The number of anilines is 2. The third-order valence-electron chi connectivity index (χ3n) is 8.33. The molecule has 6 rings (SSSR count). The van der Waals surface area contributed by atoms with E-state index in [1.54, 1.807) is 46.2 Å². The summed E-state index contributed by atoms with van der Waals surface area (Å²) in [7, 11) is 0. The number of nitrogens with zero attached hydrogens (tertiary/aromatic N) is 4. The summed E-state index contributed by atoms with van der Waals surface area (Å²) in [5.74, 6) is -3.08. The highest BCUT2D eigenvalue weighted by atomic mass is 35.5. The summed E-state index contributed by atoms with van der Waals surface area (Å²) >= 11 is 15.7. The number of aliphatic carboxylic acids is 2. The fourth-order valence-electron chi connectivity index (χ4n) is 6.02. The van der Waals surface area contributed by atoms with Crippen molar-refractivity contribution in [2.45, 2.75) is 50.2 Å². The Morgan fingerprint density at radius 2 is 1.12 bits per heavy atom. The van der Waals surface area contributed by atoms with Crippen LogP contribution < -0.4 is 10.6 Å². The molecule has 0 bridgehead atoms. The lowest BCUT2D eigenvalue weighted by atomic mass is 10.0. The van der Waals surface area contributed by atoms with E-state index in [1.807, 2.05) is 0 Å². The van der Waals surface area contributed by atoms with Gasteiger partial charge in [-0.1, -0.05) is 47.5 Å². The summed E-state index contributed by atoms with van der Waals surface area (Å²) in [5.41, 5.74) is 1.54. The third-order valence-corrected chi connectivity index (χ3v) is 11.1. The first-order valence-corrected chi connectivity index (χ1v) is 17.7. The first-order valence-electron chi connectivity index (χ1n) is 15.3. The molecule has 4 heterocycles. The van der Waals surface area contributed by atoms with Crippen LogP contribution in [0.15, 0.2) is 48.8 Å². The number of hydrogen-bond acceptors (Lipinski definition) is 12. The molecule has 0 spiro atoms. The van der Waals surface area contributed by atoms with E-state index in [0.29, 0.717) is 20.9 Å². The van der Waals surface area contributed by atoms with E-state index in [0.717, 1.165) is 22.7 Å². The number of likely N-dealkylation sites (tertiary alicyclic amines) is 2. The molecule has 2 amide bonds. The molecule has 14 nitrogen and oxygen atoms in total. The second-order valence-electron chi connectivity index (χ2n) is 11.9. The normalized spacial score (nSPS) is 21.0. The van der Waals surface area contributed by atoms with Crippen molar-refractivity contribution in [1.82, 2.24) is 19.8 Å². The summed E-state index contributed by atoms with van der Waals surface area (Å²) in [6.45, 7) is 0.863. The van der Waals surface area contributed by atoms with Crippen molar-refractivity contribution >= 4 is 81.0 Å². The lowest BCUT2D eigenvalue weighted by molar-refractivity contribution is -0.143. The van der Waals surface area contributed by atoms with E-state index < -0.39 is 48.0 Å². The van der Waals surface area contributed by atoms with Gasteiger partial charge < -0.3 is 31.1 Å². The van der Waals surface area contributed by atoms with E-state index in [1.165, 1.54) is 12.4 Å². The van der Waals surface area contributed by atoms with E-state index in [-0.39, 0.29) is 70.5 Å². The number of halogens is 2. The molecular formula is C32H30Cl2N6O8S2. The maximum absolute atomic E-state index is 13.1. The van der Waals surface area contributed by atoms with Crippen LogP contribution in [0.1, 0.15) is 42.2 Å². The Morgan fingerprint density at radius 3 is 1.50 bits per heavy atom. The van der Waals surface area contributed by atoms with Gasteiger partial charge in [0.05, 0.1) is 33.6 Å². The van der Waals surface area contributed by atoms with E-state index in [9.17, 15) is 39.6 Å². The van der Waals surface area contributed by atoms with Crippen LogP contribution in [0, 0.1) is 0 Å². The Morgan fingerprint density at radius 1 is 0.720 bits per heavy atom. The van der Waals surface area contributed by atoms with Gasteiger partial charge in [-0.25, -0.2) is 9.97 Å². The number of carbonyl (C=O) groups excluding carboxylic acids is 2. The fraction of sp³-hybridized carbons (Fsp3) is 0.312. The highest BCUT2D eigenvalue weighted by Gasteiger charge is 2.37. The Labute approximate surface area is 302 Å². The summed E-state index contributed by atoms with van der Waals surface area (Å²) in [5, 5.41) is 45.0. The van der Waals surface area contributed by atoms with Crippen molar-refractivity contribution in [2.75, 3.05) is 23.7 Å². The van der Waals surface area contributed by atoms with Crippen LogP contribution in [-0.4, -0.2) is 101 Å². The zero-order valence-electron chi connectivity index (χ0n) is 26.0. The predicted molar refractivity (Wildman–Crippen MR) is 187 cm³/mol. The number of aliphatic hydroxyl groups excluding tert-OH is 2. The molecular weight excluding hydrogens is 731 g/mol. The summed E-state index contributed by atoms with van der Waals surface area (Å²) in [4.78, 5) is 62.4. The van der Waals surface area contributed by atoms with Gasteiger partial charge in [0.15, 0.2) is 10.0 Å². The Bertz CT molecular complexity index is 1820. The number of aromatic nitrogens is 2. The maximum Gasteiger partial charge on any atom is 0.321 e. The average molecular weight is 762 g/mol. The number of aliphatic hydroxyl groups is 2. The molecule has 2 aromatic carbocycles. The maximum atomic E-state index is 13.1. The molecule has 262 valence electrons. The minimum absolute atomic E-state index is 0.131.